The molecule has 7 nitrogen and oxygen atoms in total. The number of hydrogen-bond donors (Lipinski definition) is 1. The van der Waals surface area contributed by atoms with Crippen molar-refractivity contribution in [2.24, 2.45) is 0 Å². The molecule has 0 aliphatic carbocycles. The largest absolute Gasteiger partial charge is 0.495 e. The van der Waals surface area contributed by atoms with E-state index in [2.05, 4.69) is 46.0 Å². The Morgan fingerprint density at radius 1 is 1.10 bits per heavy atom. The summed E-state index contributed by atoms with van der Waals surface area (Å²) in [6.45, 7) is 9.82. The molecule has 0 spiro atoms. The Morgan fingerprint density at radius 3 is 2.45 bits per heavy atom. The van der Waals surface area contributed by atoms with Gasteiger partial charge < -0.3 is 20.3 Å². The number of hydrogen-bond acceptors (Lipinski definition) is 6. The van der Waals surface area contributed by atoms with Crippen LogP contribution in [0.25, 0.3) is 11.1 Å². The average Bonchev–Trinajstić information content (AvgIpc) is 3.23. The number of nitrogen functional groups attached to an aromatic ring is 1. The minimum Gasteiger partial charge on any atom is -0.495 e. The highest BCUT2D eigenvalue weighted by Crippen LogP contribution is 2.39. The van der Waals surface area contributed by atoms with Crippen LogP contribution in [0.3, 0.4) is 0 Å². The molecule has 1 aromatic carbocycles. The molecule has 0 unspecified atom stereocenters. The average molecular weight is 399 g/mol. The fraction of sp³-hybridized carbons (Fsp3) is 0.591. The Morgan fingerprint density at radius 2 is 1.83 bits per heavy atom. The van der Waals surface area contributed by atoms with Gasteiger partial charge in [0.2, 0.25) is 0 Å². The molecule has 0 radical (unpaired) electrons. The maximum atomic E-state index is 6.26. The van der Waals surface area contributed by atoms with Crippen molar-refractivity contribution in [2.45, 2.75) is 32.4 Å². The van der Waals surface area contributed by atoms with Crippen LogP contribution >= 0.6 is 0 Å². The number of benzene rings is 1. The van der Waals surface area contributed by atoms with Gasteiger partial charge in [-0.3, -0.25) is 9.58 Å². The second-order valence-corrected chi connectivity index (χ2v) is 8.25. The van der Waals surface area contributed by atoms with Gasteiger partial charge in [0, 0.05) is 80.9 Å². The minimum atomic E-state index is 0.669. The zero-order chi connectivity index (χ0) is 20.4. The monoisotopic (exact) mass is 398 g/mol. The number of ether oxygens (including phenoxy) is 1. The van der Waals surface area contributed by atoms with E-state index >= 15 is 0 Å². The number of piperazine rings is 1. The molecule has 4 rings (SSSR count). The van der Waals surface area contributed by atoms with Crippen molar-refractivity contribution in [2.75, 3.05) is 64.1 Å². The maximum Gasteiger partial charge on any atom is 0.143 e. The van der Waals surface area contributed by atoms with Crippen LogP contribution in [0.5, 0.6) is 5.75 Å². The lowest BCUT2D eigenvalue weighted by Crippen LogP contribution is -2.52. The van der Waals surface area contributed by atoms with Crippen molar-refractivity contribution in [3.05, 3.63) is 24.5 Å². The summed E-state index contributed by atoms with van der Waals surface area (Å²) in [5.74, 6) is 0.743. The number of aromatic nitrogens is 2. The van der Waals surface area contributed by atoms with Gasteiger partial charge in [-0.1, -0.05) is 0 Å². The summed E-state index contributed by atoms with van der Waals surface area (Å²) < 4.78 is 7.49. The summed E-state index contributed by atoms with van der Waals surface area (Å²) in [5, 5.41) is 4.46. The number of piperidine rings is 1. The summed E-state index contributed by atoms with van der Waals surface area (Å²) >= 11 is 0. The highest BCUT2D eigenvalue weighted by atomic mass is 16.5. The number of nitrogens with two attached hydrogens (primary N) is 1. The third-order valence-electron chi connectivity index (χ3n) is 6.48. The van der Waals surface area contributed by atoms with Gasteiger partial charge in [-0.05, 0) is 32.9 Å². The van der Waals surface area contributed by atoms with Gasteiger partial charge in [0.25, 0.3) is 0 Å². The van der Waals surface area contributed by atoms with E-state index in [9.17, 15) is 0 Å². The Kier molecular flexibility index (Phi) is 5.96. The molecule has 0 atom stereocenters. The molecule has 2 aliphatic rings. The zero-order valence-corrected chi connectivity index (χ0v) is 18.0. The van der Waals surface area contributed by atoms with Crippen LogP contribution < -0.4 is 15.4 Å². The normalized spacial score (nSPS) is 19.6. The first-order valence-corrected chi connectivity index (χ1v) is 10.8. The standard InChI is InChI=1S/C22H34N6O/c1-4-28-16-17(15-24-28)19-13-20(23)22(29-3)14-21(19)27-7-5-18(6-8-27)26-11-9-25(2)10-12-26/h13-16,18H,4-12,23H2,1-3H3. The van der Waals surface area contributed by atoms with Crippen LogP contribution in [0.15, 0.2) is 24.5 Å². The molecule has 2 fully saturated rings. The number of likely N-dealkylation sites (N-methyl/N-ethyl adjacent to an activating group) is 1. The predicted molar refractivity (Wildman–Crippen MR) is 119 cm³/mol. The highest BCUT2D eigenvalue weighted by molar-refractivity contribution is 5.83. The highest BCUT2D eigenvalue weighted by Gasteiger charge is 2.28. The molecular formula is C22H34N6O. The molecule has 0 amide bonds. The molecule has 2 aromatic rings. The van der Waals surface area contributed by atoms with E-state index in [-0.39, 0.29) is 0 Å². The van der Waals surface area contributed by atoms with Gasteiger partial charge in [0.1, 0.15) is 5.75 Å². The number of rotatable bonds is 5. The van der Waals surface area contributed by atoms with Crippen LogP contribution in [0.1, 0.15) is 19.8 Å². The third kappa shape index (κ3) is 4.21. The number of anilines is 2. The summed E-state index contributed by atoms with van der Waals surface area (Å²) in [6, 6.07) is 4.84. The Hall–Kier alpha value is -2.25. The second kappa shape index (κ2) is 8.63. The Bertz CT molecular complexity index is 819. The van der Waals surface area contributed by atoms with Gasteiger partial charge in [-0.25, -0.2) is 0 Å². The van der Waals surface area contributed by atoms with Gasteiger partial charge >= 0.3 is 0 Å². The molecule has 2 saturated heterocycles. The first-order valence-electron chi connectivity index (χ1n) is 10.8. The maximum absolute atomic E-state index is 6.26. The molecular weight excluding hydrogens is 364 g/mol. The SMILES string of the molecule is CCn1cc(-c2cc(N)c(OC)cc2N2CCC(N3CCN(C)CC3)CC2)cn1. The van der Waals surface area contributed by atoms with Crippen molar-refractivity contribution < 1.29 is 4.74 Å². The van der Waals surface area contributed by atoms with Crippen LogP contribution in [-0.4, -0.2) is 79.0 Å². The number of aryl methyl sites for hydroxylation is 1. The second-order valence-electron chi connectivity index (χ2n) is 8.25. The summed E-state index contributed by atoms with van der Waals surface area (Å²) in [6.07, 6.45) is 6.43. The first-order chi connectivity index (χ1) is 14.1. The van der Waals surface area contributed by atoms with Gasteiger partial charge in [0.05, 0.1) is 19.0 Å². The van der Waals surface area contributed by atoms with E-state index in [1.807, 2.05) is 16.9 Å². The van der Waals surface area contributed by atoms with E-state index in [1.54, 1.807) is 7.11 Å². The number of methoxy groups -OCH3 is 1. The van der Waals surface area contributed by atoms with Crippen molar-refractivity contribution in [3.8, 4) is 16.9 Å². The van der Waals surface area contributed by atoms with Crippen LogP contribution in [0, 0.1) is 0 Å². The van der Waals surface area contributed by atoms with Crippen LogP contribution in [0.4, 0.5) is 11.4 Å². The molecule has 7 heteroatoms. The fourth-order valence-electron chi connectivity index (χ4n) is 4.59. The van der Waals surface area contributed by atoms with E-state index in [1.165, 1.54) is 44.7 Å². The smallest absolute Gasteiger partial charge is 0.143 e. The summed E-state index contributed by atoms with van der Waals surface area (Å²) in [5.41, 5.74) is 10.4. The predicted octanol–water partition coefficient (Wildman–Crippen LogP) is 2.38. The Labute approximate surface area is 174 Å². The van der Waals surface area contributed by atoms with Crippen LogP contribution in [0.2, 0.25) is 0 Å². The van der Waals surface area contributed by atoms with Crippen molar-refractivity contribution in [1.82, 2.24) is 19.6 Å². The first kappa shape index (κ1) is 20.0. The Balaban J connectivity index is 1.54. The van der Waals surface area contributed by atoms with Crippen molar-refractivity contribution >= 4 is 11.4 Å². The number of nitrogens with zero attached hydrogens (tertiary/aromatic N) is 5. The van der Waals surface area contributed by atoms with E-state index in [4.69, 9.17) is 10.5 Å². The van der Waals surface area contributed by atoms with E-state index < -0.39 is 0 Å². The quantitative estimate of drug-likeness (QED) is 0.781. The molecule has 158 valence electrons. The van der Waals surface area contributed by atoms with E-state index in [0.29, 0.717) is 11.7 Å². The molecule has 29 heavy (non-hydrogen) atoms. The lowest BCUT2D eigenvalue weighted by atomic mass is 9.98. The van der Waals surface area contributed by atoms with Crippen LogP contribution in [-0.2, 0) is 6.54 Å². The molecule has 3 heterocycles. The summed E-state index contributed by atoms with van der Waals surface area (Å²) in [4.78, 5) is 7.61. The molecule has 2 N–H and O–H groups in total. The third-order valence-corrected chi connectivity index (χ3v) is 6.48. The lowest BCUT2D eigenvalue weighted by Gasteiger charge is -2.43. The lowest BCUT2D eigenvalue weighted by molar-refractivity contribution is 0.0982. The van der Waals surface area contributed by atoms with Crippen molar-refractivity contribution in [3.63, 3.8) is 0 Å². The summed E-state index contributed by atoms with van der Waals surface area (Å²) in [7, 11) is 3.90. The van der Waals surface area contributed by atoms with Crippen molar-refractivity contribution in [1.29, 1.82) is 0 Å². The topological polar surface area (TPSA) is 62.8 Å². The van der Waals surface area contributed by atoms with Gasteiger partial charge in [-0.2, -0.15) is 5.10 Å². The van der Waals surface area contributed by atoms with Gasteiger partial charge in [-0.15, -0.1) is 0 Å². The molecule has 0 saturated carbocycles. The molecule has 2 aliphatic heterocycles. The molecule has 1 aromatic heterocycles. The zero-order valence-electron chi connectivity index (χ0n) is 18.0. The van der Waals surface area contributed by atoms with E-state index in [0.717, 1.165) is 36.5 Å². The minimum absolute atomic E-state index is 0.669. The fourth-order valence-corrected chi connectivity index (χ4v) is 4.59. The molecule has 0 bridgehead atoms. The van der Waals surface area contributed by atoms with Gasteiger partial charge in [0.15, 0.2) is 0 Å².